The lowest BCUT2D eigenvalue weighted by atomic mass is 10.0. The molecule has 1 rings (SSSR count). The number of thiophene rings is 1. The Morgan fingerprint density at radius 1 is 1.64 bits per heavy atom. The Balaban J connectivity index is 2.92. The fourth-order valence-electron chi connectivity index (χ4n) is 0.916. The summed E-state index contributed by atoms with van der Waals surface area (Å²) in [5, 5.41) is 13.6. The molecule has 2 heteroatoms. The molecular formula is C9H12OS. The Labute approximate surface area is 71.0 Å². The predicted molar refractivity (Wildman–Crippen MR) is 48.8 cm³/mol. The number of aryl methyl sites for hydroxylation is 1. The fraction of sp³-hybridized carbons (Fsp3) is 0.333. The van der Waals surface area contributed by atoms with Crippen molar-refractivity contribution in [2.24, 2.45) is 0 Å². The minimum atomic E-state index is -0.485. The van der Waals surface area contributed by atoms with Crippen LogP contribution in [0, 0.1) is 6.92 Å². The molecule has 0 fully saturated rings. The first-order valence-corrected chi connectivity index (χ1v) is 4.43. The molecule has 0 aliphatic carbocycles. The summed E-state index contributed by atoms with van der Waals surface area (Å²) in [5.41, 5.74) is 2.93. The van der Waals surface area contributed by atoms with Crippen molar-refractivity contribution >= 4 is 11.3 Å². The van der Waals surface area contributed by atoms with Crippen LogP contribution in [-0.2, 0) is 0 Å². The molecule has 1 atom stereocenters. The molecule has 1 nitrogen and oxygen atoms in total. The quantitative estimate of drug-likeness (QED) is 0.673. The summed E-state index contributed by atoms with van der Waals surface area (Å²) < 4.78 is 0. The molecule has 0 radical (unpaired) electrons. The second-order valence-corrected chi connectivity index (χ2v) is 3.50. The molecule has 0 spiro atoms. The summed E-state index contributed by atoms with van der Waals surface area (Å²) in [7, 11) is 0. The number of aliphatic hydroxyl groups is 1. The molecule has 0 aliphatic rings. The van der Waals surface area contributed by atoms with Gasteiger partial charge < -0.3 is 5.11 Å². The highest BCUT2D eigenvalue weighted by Crippen LogP contribution is 2.25. The van der Waals surface area contributed by atoms with Crippen molar-refractivity contribution in [3.05, 3.63) is 34.0 Å². The number of hydrogen-bond donors (Lipinski definition) is 1. The van der Waals surface area contributed by atoms with Crippen molar-refractivity contribution in [2.45, 2.75) is 20.0 Å². The molecule has 0 bridgehead atoms. The van der Waals surface area contributed by atoms with Crippen molar-refractivity contribution < 1.29 is 5.11 Å². The van der Waals surface area contributed by atoms with E-state index in [2.05, 4.69) is 6.58 Å². The van der Waals surface area contributed by atoms with Crippen LogP contribution in [0.15, 0.2) is 22.9 Å². The molecule has 1 heterocycles. The van der Waals surface area contributed by atoms with E-state index in [0.717, 1.165) is 16.7 Å². The van der Waals surface area contributed by atoms with E-state index >= 15 is 0 Å². The number of hydrogen-bond acceptors (Lipinski definition) is 2. The highest BCUT2D eigenvalue weighted by atomic mass is 32.1. The molecule has 0 aliphatic heterocycles. The second-order valence-electron chi connectivity index (χ2n) is 2.76. The van der Waals surface area contributed by atoms with Gasteiger partial charge in [0.2, 0.25) is 0 Å². The van der Waals surface area contributed by atoms with Crippen molar-refractivity contribution in [1.82, 2.24) is 0 Å². The van der Waals surface area contributed by atoms with E-state index in [1.54, 1.807) is 11.3 Å². The van der Waals surface area contributed by atoms with E-state index < -0.39 is 6.10 Å². The van der Waals surface area contributed by atoms with Crippen LogP contribution < -0.4 is 0 Å². The van der Waals surface area contributed by atoms with Gasteiger partial charge in [-0.3, -0.25) is 0 Å². The van der Waals surface area contributed by atoms with Gasteiger partial charge >= 0.3 is 0 Å². The van der Waals surface area contributed by atoms with Gasteiger partial charge in [-0.05, 0) is 41.3 Å². The number of rotatable bonds is 2. The van der Waals surface area contributed by atoms with Gasteiger partial charge in [0.15, 0.2) is 0 Å². The molecule has 11 heavy (non-hydrogen) atoms. The average Bonchev–Trinajstić information content (AvgIpc) is 2.33. The molecular weight excluding hydrogens is 156 g/mol. The third-order valence-electron chi connectivity index (χ3n) is 1.66. The van der Waals surface area contributed by atoms with E-state index in [-0.39, 0.29) is 0 Å². The van der Waals surface area contributed by atoms with Crippen LogP contribution in [0.25, 0.3) is 0 Å². The van der Waals surface area contributed by atoms with Crippen molar-refractivity contribution in [1.29, 1.82) is 0 Å². The van der Waals surface area contributed by atoms with Crippen LogP contribution in [0.5, 0.6) is 0 Å². The van der Waals surface area contributed by atoms with Crippen LogP contribution in [0.3, 0.4) is 0 Å². The molecule has 1 unspecified atom stereocenters. The maximum atomic E-state index is 9.57. The van der Waals surface area contributed by atoms with Gasteiger partial charge in [0.05, 0.1) is 0 Å². The monoisotopic (exact) mass is 168 g/mol. The average molecular weight is 168 g/mol. The van der Waals surface area contributed by atoms with Crippen LogP contribution in [-0.4, -0.2) is 5.11 Å². The third-order valence-corrected chi connectivity index (χ3v) is 2.54. The van der Waals surface area contributed by atoms with E-state index in [1.165, 1.54) is 0 Å². The zero-order chi connectivity index (χ0) is 8.43. The Kier molecular flexibility index (Phi) is 2.47. The highest BCUT2D eigenvalue weighted by molar-refractivity contribution is 7.08. The zero-order valence-electron chi connectivity index (χ0n) is 6.79. The maximum Gasteiger partial charge on any atom is 0.101 e. The lowest BCUT2D eigenvalue weighted by Gasteiger charge is -2.08. The first-order valence-electron chi connectivity index (χ1n) is 3.49. The van der Waals surface area contributed by atoms with E-state index in [0.29, 0.717) is 0 Å². The lowest BCUT2D eigenvalue weighted by Crippen LogP contribution is -1.97. The minimum absolute atomic E-state index is 0.485. The largest absolute Gasteiger partial charge is 0.384 e. The van der Waals surface area contributed by atoms with E-state index in [9.17, 15) is 5.11 Å². The van der Waals surface area contributed by atoms with Crippen LogP contribution in [0.1, 0.15) is 24.2 Å². The van der Waals surface area contributed by atoms with E-state index in [4.69, 9.17) is 0 Å². The van der Waals surface area contributed by atoms with Gasteiger partial charge in [-0.1, -0.05) is 6.58 Å². The first-order chi connectivity index (χ1) is 5.13. The van der Waals surface area contributed by atoms with Crippen LogP contribution in [0.4, 0.5) is 0 Å². The molecule has 1 aromatic rings. The van der Waals surface area contributed by atoms with Gasteiger partial charge in [-0.2, -0.15) is 11.3 Å². The van der Waals surface area contributed by atoms with Crippen molar-refractivity contribution in [3.8, 4) is 0 Å². The molecule has 0 amide bonds. The third kappa shape index (κ3) is 1.70. The molecule has 1 aromatic heterocycles. The summed E-state index contributed by atoms with van der Waals surface area (Å²) >= 11 is 1.61. The highest BCUT2D eigenvalue weighted by Gasteiger charge is 2.10. The summed E-state index contributed by atoms with van der Waals surface area (Å²) in [6, 6.07) is 0. The standard InChI is InChI=1S/C9H12OS/c1-6(2)9(10)8-5-11-4-7(8)3/h4-5,9-10H,1H2,2-3H3. The molecule has 0 saturated heterocycles. The smallest absolute Gasteiger partial charge is 0.101 e. The summed E-state index contributed by atoms with van der Waals surface area (Å²) in [4.78, 5) is 0. The summed E-state index contributed by atoms with van der Waals surface area (Å²) in [6.45, 7) is 7.54. The Morgan fingerprint density at radius 2 is 2.27 bits per heavy atom. The van der Waals surface area contributed by atoms with Gasteiger partial charge in [0.1, 0.15) is 6.10 Å². The zero-order valence-corrected chi connectivity index (χ0v) is 7.61. The summed E-state index contributed by atoms with van der Waals surface area (Å²) in [5.74, 6) is 0. The maximum absolute atomic E-state index is 9.57. The Morgan fingerprint density at radius 3 is 2.64 bits per heavy atom. The van der Waals surface area contributed by atoms with Gasteiger partial charge in [-0.15, -0.1) is 0 Å². The Bertz CT molecular complexity index is 262. The van der Waals surface area contributed by atoms with Crippen LogP contribution >= 0.6 is 11.3 Å². The first kappa shape index (κ1) is 8.50. The summed E-state index contributed by atoms with van der Waals surface area (Å²) in [6.07, 6.45) is -0.485. The second kappa shape index (κ2) is 3.20. The van der Waals surface area contributed by atoms with Gasteiger partial charge in [0, 0.05) is 0 Å². The molecule has 60 valence electrons. The molecule has 1 N–H and O–H groups in total. The minimum Gasteiger partial charge on any atom is -0.384 e. The topological polar surface area (TPSA) is 20.2 Å². The van der Waals surface area contributed by atoms with Gasteiger partial charge in [0.25, 0.3) is 0 Å². The molecule has 0 aromatic carbocycles. The van der Waals surface area contributed by atoms with Gasteiger partial charge in [-0.25, -0.2) is 0 Å². The fourth-order valence-corrected chi connectivity index (χ4v) is 1.79. The van der Waals surface area contributed by atoms with Crippen molar-refractivity contribution in [2.75, 3.05) is 0 Å². The normalized spacial score (nSPS) is 13.0. The van der Waals surface area contributed by atoms with Crippen molar-refractivity contribution in [3.63, 3.8) is 0 Å². The molecule has 0 saturated carbocycles. The Hall–Kier alpha value is -0.600. The lowest BCUT2D eigenvalue weighted by molar-refractivity contribution is 0.216. The van der Waals surface area contributed by atoms with Crippen LogP contribution in [0.2, 0.25) is 0 Å². The predicted octanol–water partition coefficient (Wildman–Crippen LogP) is 2.67. The van der Waals surface area contributed by atoms with E-state index in [1.807, 2.05) is 24.6 Å². The number of aliphatic hydroxyl groups excluding tert-OH is 1. The SMILES string of the molecule is C=C(C)C(O)c1cscc1C.